The van der Waals surface area contributed by atoms with Gasteiger partial charge in [-0.1, -0.05) is 23.7 Å². The lowest BCUT2D eigenvalue weighted by atomic mass is 10.2. The van der Waals surface area contributed by atoms with E-state index in [-0.39, 0.29) is 5.82 Å². The minimum Gasteiger partial charge on any atom is -0.496 e. The largest absolute Gasteiger partial charge is 0.496 e. The molecular formula is C18H19ClFN4OS+. The van der Waals surface area contributed by atoms with Gasteiger partial charge in [0.1, 0.15) is 18.1 Å². The molecule has 26 heavy (non-hydrogen) atoms. The molecule has 2 aromatic carbocycles. The normalized spacial score (nSPS) is 12.2. The zero-order valence-corrected chi connectivity index (χ0v) is 16.0. The Kier molecular flexibility index (Phi) is 5.70. The Hall–Kier alpha value is -2.22. The smallest absolute Gasteiger partial charge is 0.221 e. The van der Waals surface area contributed by atoms with E-state index in [2.05, 4.69) is 10.1 Å². The highest BCUT2D eigenvalue weighted by molar-refractivity contribution is 7.71. The summed E-state index contributed by atoms with van der Waals surface area (Å²) < 4.78 is 20.9. The van der Waals surface area contributed by atoms with Crippen molar-refractivity contribution in [3.8, 4) is 17.1 Å². The molecule has 0 saturated heterocycles. The first-order valence-electron chi connectivity index (χ1n) is 8.03. The van der Waals surface area contributed by atoms with Crippen LogP contribution in [0.2, 0.25) is 5.02 Å². The summed E-state index contributed by atoms with van der Waals surface area (Å²) in [5.41, 5.74) is 1.66. The van der Waals surface area contributed by atoms with Gasteiger partial charge in [-0.3, -0.25) is 5.10 Å². The number of aromatic amines is 1. The van der Waals surface area contributed by atoms with Crippen molar-refractivity contribution in [3.63, 3.8) is 0 Å². The van der Waals surface area contributed by atoms with E-state index in [1.165, 1.54) is 12.1 Å². The molecule has 3 rings (SSSR count). The molecule has 1 heterocycles. The SMILES string of the molecule is COc1ccc(Cl)cc1-c1nc(=S)n(C[NH+](C)Cc2cccc(F)c2)[nH]1. The summed E-state index contributed by atoms with van der Waals surface area (Å²) in [6, 6.07) is 11.9. The maximum atomic E-state index is 13.3. The second-order valence-corrected chi connectivity index (χ2v) is 6.85. The maximum Gasteiger partial charge on any atom is 0.221 e. The standard InChI is InChI=1S/C18H18ClFN4OS/c1-23(10-12-4-3-5-14(20)8-12)11-24-18(26)21-17(22-24)15-9-13(19)6-7-16(15)25-2/h3-9H,10-11H2,1-2H3,(H,21,22,26)/p+1. The first-order valence-corrected chi connectivity index (χ1v) is 8.81. The first kappa shape index (κ1) is 18.6. The molecule has 0 saturated carbocycles. The van der Waals surface area contributed by atoms with Crippen molar-refractivity contribution in [2.45, 2.75) is 13.2 Å². The van der Waals surface area contributed by atoms with Gasteiger partial charge >= 0.3 is 0 Å². The topological polar surface area (TPSA) is 47.3 Å². The quantitative estimate of drug-likeness (QED) is 0.633. The van der Waals surface area contributed by atoms with Crippen LogP contribution in [-0.4, -0.2) is 28.9 Å². The van der Waals surface area contributed by atoms with Crippen LogP contribution >= 0.6 is 23.8 Å². The van der Waals surface area contributed by atoms with E-state index in [9.17, 15) is 4.39 Å². The van der Waals surface area contributed by atoms with Gasteiger partial charge in [0.15, 0.2) is 12.5 Å². The maximum absolute atomic E-state index is 13.3. The van der Waals surface area contributed by atoms with Gasteiger partial charge in [-0.25, -0.2) is 9.07 Å². The number of quaternary nitrogens is 1. The summed E-state index contributed by atoms with van der Waals surface area (Å²) in [5.74, 6) is 1.02. The first-order chi connectivity index (χ1) is 12.5. The zero-order valence-electron chi connectivity index (χ0n) is 14.4. The molecule has 136 valence electrons. The highest BCUT2D eigenvalue weighted by Gasteiger charge is 2.13. The van der Waals surface area contributed by atoms with Crippen molar-refractivity contribution < 1.29 is 14.0 Å². The van der Waals surface area contributed by atoms with E-state index in [4.69, 9.17) is 28.6 Å². The fourth-order valence-electron chi connectivity index (χ4n) is 2.77. The lowest BCUT2D eigenvalue weighted by molar-refractivity contribution is -0.917. The molecular weight excluding hydrogens is 375 g/mol. The number of methoxy groups -OCH3 is 1. The highest BCUT2D eigenvalue weighted by atomic mass is 35.5. The molecule has 0 spiro atoms. The van der Waals surface area contributed by atoms with Crippen molar-refractivity contribution in [3.05, 3.63) is 63.6 Å². The molecule has 0 aliphatic carbocycles. The summed E-state index contributed by atoms with van der Waals surface area (Å²) in [6.07, 6.45) is 0. The molecule has 8 heteroatoms. The third-order valence-corrected chi connectivity index (χ3v) is 4.47. The van der Waals surface area contributed by atoms with Crippen LogP contribution in [0.5, 0.6) is 5.75 Å². The Bertz CT molecular complexity index is 972. The predicted octanol–water partition coefficient (Wildman–Crippen LogP) is 3.08. The van der Waals surface area contributed by atoms with Crippen LogP contribution in [0.3, 0.4) is 0 Å². The lowest BCUT2D eigenvalue weighted by Crippen LogP contribution is -3.07. The van der Waals surface area contributed by atoms with E-state index in [1.54, 1.807) is 36.1 Å². The van der Waals surface area contributed by atoms with E-state index in [0.29, 0.717) is 34.6 Å². The number of H-pyrrole nitrogens is 1. The minimum atomic E-state index is -0.233. The molecule has 0 fully saturated rings. The molecule has 1 aromatic heterocycles. The van der Waals surface area contributed by atoms with Crippen LogP contribution in [0.25, 0.3) is 11.4 Å². The molecule has 0 bridgehead atoms. The van der Waals surface area contributed by atoms with Crippen molar-refractivity contribution in [2.75, 3.05) is 14.2 Å². The fraction of sp³-hybridized carbons (Fsp3) is 0.222. The van der Waals surface area contributed by atoms with Crippen molar-refractivity contribution >= 4 is 23.8 Å². The van der Waals surface area contributed by atoms with Gasteiger partial charge in [-0.05, 0) is 42.5 Å². The van der Waals surface area contributed by atoms with E-state index in [1.807, 2.05) is 13.1 Å². The number of hydrogen-bond acceptors (Lipinski definition) is 3. The number of nitrogens with zero attached hydrogens (tertiary/aromatic N) is 2. The molecule has 3 aromatic rings. The van der Waals surface area contributed by atoms with Crippen molar-refractivity contribution in [2.24, 2.45) is 0 Å². The Morgan fingerprint density at radius 1 is 1.31 bits per heavy atom. The Balaban J connectivity index is 1.80. The van der Waals surface area contributed by atoms with Crippen LogP contribution in [0.4, 0.5) is 4.39 Å². The van der Waals surface area contributed by atoms with Crippen molar-refractivity contribution in [1.82, 2.24) is 14.8 Å². The monoisotopic (exact) mass is 393 g/mol. The van der Waals surface area contributed by atoms with Gasteiger partial charge in [0.2, 0.25) is 4.77 Å². The fourth-order valence-corrected chi connectivity index (χ4v) is 3.14. The van der Waals surface area contributed by atoms with Gasteiger partial charge in [0.05, 0.1) is 19.7 Å². The molecule has 2 N–H and O–H groups in total. The summed E-state index contributed by atoms with van der Waals surface area (Å²) >= 11 is 11.5. The summed E-state index contributed by atoms with van der Waals surface area (Å²) in [6.45, 7) is 1.22. The van der Waals surface area contributed by atoms with Gasteiger partial charge < -0.3 is 9.64 Å². The van der Waals surface area contributed by atoms with Gasteiger partial charge in [0.25, 0.3) is 0 Å². The third kappa shape index (κ3) is 4.30. The number of hydrogen-bond donors (Lipinski definition) is 2. The number of rotatable bonds is 6. The molecule has 0 radical (unpaired) electrons. The number of aromatic nitrogens is 3. The average Bonchev–Trinajstić information content (AvgIpc) is 2.95. The van der Waals surface area contributed by atoms with Gasteiger partial charge in [-0.2, -0.15) is 4.98 Å². The summed E-state index contributed by atoms with van der Waals surface area (Å²) in [4.78, 5) is 5.54. The Morgan fingerprint density at radius 2 is 2.12 bits per heavy atom. The van der Waals surface area contributed by atoms with E-state index >= 15 is 0 Å². The van der Waals surface area contributed by atoms with Gasteiger partial charge in [0, 0.05) is 10.6 Å². The van der Waals surface area contributed by atoms with Crippen LogP contribution in [0.1, 0.15) is 5.56 Å². The predicted molar refractivity (Wildman–Crippen MR) is 101 cm³/mol. The van der Waals surface area contributed by atoms with E-state index in [0.717, 1.165) is 16.0 Å². The molecule has 1 unspecified atom stereocenters. The Morgan fingerprint density at radius 3 is 2.85 bits per heavy atom. The zero-order chi connectivity index (χ0) is 18.7. The second kappa shape index (κ2) is 7.99. The summed E-state index contributed by atoms with van der Waals surface area (Å²) in [7, 11) is 3.60. The minimum absolute atomic E-state index is 0.233. The molecule has 1 atom stereocenters. The Labute approximate surface area is 161 Å². The van der Waals surface area contributed by atoms with Crippen LogP contribution in [-0.2, 0) is 13.2 Å². The number of ether oxygens (including phenoxy) is 1. The average molecular weight is 394 g/mol. The molecule has 5 nitrogen and oxygen atoms in total. The van der Waals surface area contributed by atoms with E-state index < -0.39 is 0 Å². The lowest BCUT2D eigenvalue weighted by Gasteiger charge is -2.14. The van der Waals surface area contributed by atoms with Crippen molar-refractivity contribution in [1.29, 1.82) is 0 Å². The molecule has 0 amide bonds. The number of halogens is 2. The summed E-state index contributed by atoms with van der Waals surface area (Å²) in [5, 5.41) is 3.78. The van der Waals surface area contributed by atoms with Gasteiger partial charge in [-0.15, -0.1) is 0 Å². The number of nitrogens with one attached hydrogen (secondary N) is 2. The van der Waals surface area contributed by atoms with Crippen LogP contribution in [0, 0.1) is 10.6 Å². The number of benzene rings is 2. The highest BCUT2D eigenvalue weighted by Crippen LogP contribution is 2.30. The van der Waals surface area contributed by atoms with Crippen LogP contribution < -0.4 is 9.64 Å². The molecule has 0 aliphatic rings. The second-order valence-electron chi connectivity index (χ2n) is 6.05. The van der Waals surface area contributed by atoms with Crippen LogP contribution in [0.15, 0.2) is 42.5 Å². The molecule has 0 aliphatic heterocycles. The third-order valence-electron chi connectivity index (χ3n) is 3.92.